The molecular formula is C18H30N2O2. The molecule has 1 aromatic carbocycles. The van der Waals surface area contributed by atoms with Gasteiger partial charge in [0.1, 0.15) is 5.60 Å². The number of rotatable bonds is 8. The van der Waals surface area contributed by atoms with Crippen molar-refractivity contribution in [3.05, 3.63) is 35.9 Å². The van der Waals surface area contributed by atoms with Crippen LogP contribution in [0.3, 0.4) is 0 Å². The van der Waals surface area contributed by atoms with Crippen LogP contribution in [0.25, 0.3) is 0 Å². The molecule has 0 aliphatic carbocycles. The predicted octanol–water partition coefficient (Wildman–Crippen LogP) is 3.68. The zero-order valence-electron chi connectivity index (χ0n) is 14.3. The number of hydrogen-bond donors (Lipinski definition) is 2. The molecule has 1 unspecified atom stereocenters. The summed E-state index contributed by atoms with van der Waals surface area (Å²) < 4.78 is 5.18. The standard InChI is InChI=1S/C18H30N2O2/c1-15(16-9-6-5-7-10-16)11-14-19-12-8-13-20-17(21)22-18(2,3)4/h5-7,9-10,15,19H,8,11-14H2,1-4H3,(H,20,21). The van der Waals surface area contributed by atoms with Gasteiger partial charge in [0, 0.05) is 6.54 Å². The first-order chi connectivity index (χ1) is 10.4. The summed E-state index contributed by atoms with van der Waals surface area (Å²) in [6.45, 7) is 10.4. The Balaban J connectivity index is 2.01. The van der Waals surface area contributed by atoms with Crippen molar-refractivity contribution in [2.24, 2.45) is 0 Å². The highest BCUT2D eigenvalue weighted by atomic mass is 16.6. The smallest absolute Gasteiger partial charge is 0.407 e. The van der Waals surface area contributed by atoms with E-state index in [1.807, 2.05) is 26.8 Å². The second-order valence-corrected chi connectivity index (χ2v) is 6.63. The molecule has 0 aliphatic heterocycles. The van der Waals surface area contributed by atoms with E-state index < -0.39 is 5.60 Å². The van der Waals surface area contributed by atoms with Crippen LogP contribution in [0.2, 0.25) is 0 Å². The monoisotopic (exact) mass is 306 g/mol. The molecule has 1 atom stereocenters. The third kappa shape index (κ3) is 8.67. The summed E-state index contributed by atoms with van der Waals surface area (Å²) in [5, 5.41) is 6.18. The minimum atomic E-state index is -0.435. The van der Waals surface area contributed by atoms with E-state index in [9.17, 15) is 4.79 Å². The van der Waals surface area contributed by atoms with Crippen LogP contribution in [0.15, 0.2) is 30.3 Å². The maximum atomic E-state index is 11.4. The van der Waals surface area contributed by atoms with Gasteiger partial charge in [0.25, 0.3) is 0 Å². The Morgan fingerprint density at radius 3 is 2.45 bits per heavy atom. The van der Waals surface area contributed by atoms with Crippen molar-refractivity contribution in [1.29, 1.82) is 0 Å². The van der Waals surface area contributed by atoms with E-state index >= 15 is 0 Å². The first-order valence-corrected chi connectivity index (χ1v) is 8.11. The van der Waals surface area contributed by atoms with Crippen molar-refractivity contribution in [3.8, 4) is 0 Å². The minimum absolute atomic E-state index is 0.342. The predicted molar refractivity (Wildman–Crippen MR) is 91.2 cm³/mol. The third-order valence-corrected chi connectivity index (χ3v) is 3.32. The fourth-order valence-corrected chi connectivity index (χ4v) is 2.11. The van der Waals surface area contributed by atoms with E-state index in [1.54, 1.807) is 0 Å². The van der Waals surface area contributed by atoms with Crippen LogP contribution < -0.4 is 10.6 Å². The quantitative estimate of drug-likeness (QED) is 0.720. The molecule has 4 nitrogen and oxygen atoms in total. The molecule has 0 bridgehead atoms. The van der Waals surface area contributed by atoms with Gasteiger partial charge in [-0.25, -0.2) is 4.79 Å². The van der Waals surface area contributed by atoms with Crippen molar-refractivity contribution >= 4 is 6.09 Å². The Morgan fingerprint density at radius 1 is 1.14 bits per heavy atom. The molecule has 1 aromatic rings. The number of carbonyl (C=O) groups is 1. The lowest BCUT2D eigenvalue weighted by Crippen LogP contribution is -2.34. The number of carbonyl (C=O) groups excluding carboxylic acids is 1. The normalized spacial score (nSPS) is 12.7. The van der Waals surface area contributed by atoms with Crippen molar-refractivity contribution in [2.45, 2.75) is 52.1 Å². The average Bonchev–Trinajstić information content (AvgIpc) is 2.45. The van der Waals surface area contributed by atoms with E-state index in [1.165, 1.54) is 5.56 Å². The molecule has 0 aliphatic rings. The summed E-state index contributed by atoms with van der Waals surface area (Å²) in [4.78, 5) is 11.4. The summed E-state index contributed by atoms with van der Waals surface area (Å²) in [6.07, 6.45) is 1.67. The highest BCUT2D eigenvalue weighted by Gasteiger charge is 2.15. The van der Waals surface area contributed by atoms with Crippen LogP contribution in [0.1, 0.15) is 52.0 Å². The molecule has 2 N–H and O–H groups in total. The van der Waals surface area contributed by atoms with Crippen LogP contribution in [0, 0.1) is 0 Å². The van der Waals surface area contributed by atoms with Gasteiger partial charge in [-0.3, -0.25) is 0 Å². The molecule has 1 rings (SSSR count). The van der Waals surface area contributed by atoms with E-state index in [0.717, 1.165) is 25.9 Å². The van der Waals surface area contributed by atoms with Crippen molar-refractivity contribution < 1.29 is 9.53 Å². The van der Waals surface area contributed by atoms with Crippen LogP contribution in [-0.4, -0.2) is 31.3 Å². The molecule has 0 aromatic heterocycles. The summed E-state index contributed by atoms with van der Waals surface area (Å²) in [5.74, 6) is 0.564. The van der Waals surface area contributed by atoms with Gasteiger partial charge in [-0.15, -0.1) is 0 Å². The Morgan fingerprint density at radius 2 is 1.82 bits per heavy atom. The first kappa shape index (κ1) is 18.5. The zero-order chi connectivity index (χ0) is 16.4. The Bertz CT molecular complexity index is 426. The Kier molecular flexibility index (Phi) is 7.96. The lowest BCUT2D eigenvalue weighted by atomic mass is 9.98. The minimum Gasteiger partial charge on any atom is -0.444 e. The summed E-state index contributed by atoms with van der Waals surface area (Å²) in [6, 6.07) is 10.6. The fourth-order valence-electron chi connectivity index (χ4n) is 2.11. The van der Waals surface area contributed by atoms with E-state index in [0.29, 0.717) is 12.5 Å². The van der Waals surface area contributed by atoms with Gasteiger partial charge in [-0.05, 0) is 58.2 Å². The molecule has 4 heteroatoms. The number of alkyl carbamates (subject to hydrolysis) is 1. The molecule has 0 heterocycles. The topological polar surface area (TPSA) is 50.4 Å². The molecule has 124 valence electrons. The number of benzene rings is 1. The van der Waals surface area contributed by atoms with Gasteiger partial charge in [0.2, 0.25) is 0 Å². The largest absolute Gasteiger partial charge is 0.444 e. The lowest BCUT2D eigenvalue weighted by molar-refractivity contribution is 0.0527. The Labute approximate surface area is 134 Å². The van der Waals surface area contributed by atoms with Crippen molar-refractivity contribution in [1.82, 2.24) is 10.6 Å². The average molecular weight is 306 g/mol. The fraction of sp³-hybridized carbons (Fsp3) is 0.611. The maximum Gasteiger partial charge on any atom is 0.407 e. The summed E-state index contributed by atoms with van der Waals surface area (Å²) in [7, 11) is 0. The molecule has 0 saturated carbocycles. The molecule has 22 heavy (non-hydrogen) atoms. The van der Waals surface area contributed by atoms with Gasteiger partial charge < -0.3 is 15.4 Å². The van der Waals surface area contributed by atoms with Crippen LogP contribution in [-0.2, 0) is 4.74 Å². The Hall–Kier alpha value is -1.55. The highest BCUT2D eigenvalue weighted by Crippen LogP contribution is 2.17. The number of hydrogen-bond acceptors (Lipinski definition) is 3. The maximum absolute atomic E-state index is 11.4. The number of nitrogens with one attached hydrogen (secondary N) is 2. The molecule has 0 radical (unpaired) electrons. The van der Waals surface area contributed by atoms with Crippen molar-refractivity contribution in [3.63, 3.8) is 0 Å². The van der Waals surface area contributed by atoms with Gasteiger partial charge in [0.05, 0.1) is 0 Å². The van der Waals surface area contributed by atoms with Gasteiger partial charge in [-0.2, -0.15) is 0 Å². The van der Waals surface area contributed by atoms with Crippen molar-refractivity contribution in [2.75, 3.05) is 19.6 Å². The van der Waals surface area contributed by atoms with E-state index in [2.05, 4.69) is 41.8 Å². The number of ether oxygens (including phenoxy) is 1. The SMILES string of the molecule is CC(CCNCCCNC(=O)OC(C)(C)C)c1ccccc1. The van der Waals surface area contributed by atoms with Crippen LogP contribution in [0.4, 0.5) is 4.79 Å². The molecule has 0 fully saturated rings. The molecule has 0 spiro atoms. The van der Waals surface area contributed by atoms with E-state index in [4.69, 9.17) is 4.74 Å². The molecule has 0 saturated heterocycles. The second kappa shape index (κ2) is 9.46. The molecule has 1 amide bonds. The molecular weight excluding hydrogens is 276 g/mol. The summed E-state index contributed by atoms with van der Waals surface area (Å²) in [5.41, 5.74) is 0.950. The van der Waals surface area contributed by atoms with Gasteiger partial charge in [0.15, 0.2) is 0 Å². The van der Waals surface area contributed by atoms with E-state index in [-0.39, 0.29) is 6.09 Å². The highest BCUT2D eigenvalue weighted by molar-refractivity contribution is 5.67. The summed E-state index contributed by atoms with van der Waals surface area (Å²) >= 11 is 0. The number of amides is 1. The van der Waals surface area contributed by atoms with Crippen LogP contribution >= 0.6 is 0 Å². The first-order valence-electron chi connectivity index (χ1n) is 8.11. The third-order valence-electron chi connectivity index (χ3n) is 3.32. The zero-order valence-corrected chi connectivity index (χ0v) is 14.3. The second-order valence-electron chi connectivity index (χ2n) is 6.63. The van der Waals surface area contributed by atoms with Gasteiger partial charge in [-0.1, -0.05) is 37.3 Å². The lowest BCUT2D eigenvalue weighted by Gasteiger charge is -2.19. The van der Waals surface area contributed by atoms with Crippen LogP contribution in [0.5, 0.6) is 0 Å². The van der Waals surface area contributed by atoms with Gasteiger partial charge >= 0.3 is 6.09 Å².